The van der Waals surface area contributed by atoms with Crippen molar-refractivity contribution < 1.29 is 23.5 Å². The zero-order valence-electron chi connectivity index (χ0n) is 20.4. The summed E-state index contributed by atoms with van der Waals surface area (Å²) in [4.78, 5) is 26.1. The van der Waals surface area contributed by atoms with Crippen LogP contribution in [-0.2, 0) is 25.7 Å². The molecule has 0 spiro atoms. The molecule has 34 heavy (non-hydrogen) atoms. The lowest BCUT2D eigenvalue weighted by Crippen LogP contribution is -2.40. The summed E-state index contributed by atoms with van der Waals surface area (Å²) in [6.07, 6.45) is 2.01. The number of halogens is 1. The fourth-order valence-corrected chi connectivity index (χ4v) is 5.49. The van der Waals surface area contributed by atoms with Crippen LogP contribution in [0.2, 0.25) is 19.6 Å². The van der Waals surface area contributed by atoms with Gasteiger partial charge in [0.25, 0.3) is 5.91 Å². The standard InChI is InChI=1S/C26H35FN2O4Si/c1-32-17-19-5-7-20(8-6-19)25(29-24(30)15-18-11-13-33-14-12-18)26(31)28-21-9-10-23(22(27)16-21)34(2,3)4/h5-10,16,18,25H,11-15,17H2,1-4H3,(H,28,31)(H,29,30). The van der Waals surface area contributed by atoms with E-state index in [-0.39, 0.29) is 17.6 Å². The van der Waals surface area contributed by atoms with Gasteiger partial charge in [-0.05, 0) is 47.2 Å². The molecule has 1 unspecified atom stereocenters. The smallest absolute Gasteiger partial charge is 0.251 e. The van der Waals surface area contributed by atoms with Gasteiger partial charge in [0.1, 0.15) is 11.9 Å². The summed E-state index contributed by atoms with van der Waals surface area (Å²) < 4.78 is 25.2. The Morgan fingerprint density at radius 2 is 1.79 bits per heavy atom. The molecule has 3 rings (SSSR count). The number of rotatable bonds is 9. The maximum atomic E-state index is 14.7. The molecule has 1 fully saturated rings. The van der Waals surface area contributed by atoms with Crippen LogP contribution >= 0.6 is 0 Å². The van der Waals surface area contributed by atoms with Crippen LogP contribution in [0.3, 0.4) is 0 Å². The Hall–Kier alpha value is -2.55. The molecule has 0 bridgehead atoms. The van der Waals surface area contributed by atoms with E-state index < -0.39 is 20.0 Å². The Morgan fingerprint density at radius 3 is 2.38 bits per heavy atom. The number of ether oxygens (including phenoxy) is 2. The van der Waals surface area contributed by atoms with Gasteiger partial charge >= 0.3 is 0 Å². The van der Waals surface area contributed by atoms with E-state index in [1.165, 1.54) is 6.07 Å². The van der Waals surface area contributed by atoms with Crippen LogP contribution in [0, 0.1) is 11.7 Å². The third kappa shape index (κ3) is 7.22. The SMILES string of the molecule is COCc1ccc(C(NC(=O)CC2CCOCC2)C(=O)Nc2ccc([Si](C)(C)C)c(F)c2)cc1. The van der Waals surface area contributed by atoms with E-state index in [2.05, 4.69) is 30.3 Å². The summed E-state index contributed by atoms with van der Waals surface area (Å²) >= 11 is 0. The highest BCUT2D eigenvalue weighted by atomic mass is 28.3. The molecule has 1 aliphatic heterocycles. The van der Waals surface area contributed by atoms with Gasteiger partial charge in [0, 0.05) is 32.4 Å². The van der Waals surface area contributed by atoms with Gasteiger partial charge in [0.2, 0.25) is 5.91 Å². The first-order chi connectivity index (χ1) is 16.2. The molecule has 2 amide bonds. The summed E-state index contributed by atoms with van der Waals surface area (Å²) in [5.74, 6) is -0.681. The highest BCUT2D eigenvalue weighted by molar-refractivity contribution is 6.88. The lowest BCUT2D eigenvalue weighted by Gasteiger charge is -2.24. The normalized spacial score (nSPS) is 15.6. The molecule has 1 atom stereocenters. The molecule has 2 aromatic carbocycles. The van der Waals surface area contributed by atoms with Crippen molar-refractivity contribution >= 4 is 30.8 Å². The first-order valence-electron chi connectivity index (χ1n) is 11.7. The molecule has 184 valence electrons. The monoisotopic (exact) mass is 486 g/mol. The van der Waals surface area contributed by atoms with Crippen molar-refractivity contribution in [1.82, 2.24) is 5.32 Å². The predicted octanol–water partition coefficient (Wildman–Crippen LogP) is 4.13. The number of anilines is 1. The molecular formula is C26H35FN2O4Si. The van der Waals surface area contributed by atoms with Gasteiger partial charge in [-0.3, -0.25) is 9.59 Å². The molecular weight excluding hydrogens is 451 g/mol. The second-order valence-corrected chi connectivity index (χ2v) is 14.9. The average Bonchev–Trinajstić information content (AvgIpc) is 2.78. The Morgan fingerprint density at radius 1 is 1.12 bits per heavy atom. The zero-order valence-corrected chi connectivity index (χ0v) is 21.4. The number of hydrogen-bond acceptors (Lipinski definition) is 4. The molecule has 2 aromatic rings. The molecule has 0 aliphatic carbocycles. The van der Waals surface area contributed by atoms with Crippen LogP contribution in [0.4, 0.5) is 10.1 Å². The molecule has 0 aromatic heterocycles. The van der Waals surface area contributed by atoms with Gasteiger partial charge < -0.3 is 20.1 Å². The van der Waals surface area contributed by atoms with E-state index in [4.69, 9.17) is 9.47 Å². The van der Waals surface area contributed by atoms with Gasteiger partial charge in [-0.1, -0.05) is 50.0 Å². The van der Waals surface area contributed by atoms with E-state index in [1.807, 2.05) is 24.3 Å². The third-order valence-corrected chi connectivity index (χ3v) is 8.07. The molecule has 0 radical (unpaired) electrons. The Kier molecular flexibility index (Phi) is 8.99. The number of nitrogens with one attached hydrogen (secondary N) is 2. The Labute approximate surface area is 202 Å². The predicted molar refractivity (Wildman–Crippen MR) is 134 cm³/mol. The van der Waals surface area contributed by atoms with E-state index in [0.29, 0.717) is 42.7 Å². The maximum Gasteiger partial charge on any atom is 0.251 e. The molecule has 1 saturated heterocycles. The largest absolute Gasteiger partial charge is 0.381 e. The van der Waals surface area contributed by atoms with Gasteiger partial charge in [-0.25, -0.2) is 4.39 Å². The zero-order chi connectivity index (χ0) is 24.7. The molecule has 2 N–H and O–H groups in total. The van der Waals surface area contributed by atoms with Crippen LogP contribution in [0.5, 0.6) is 0 Å². The first-order valence-corrected chi connectivity index (χ1v) is 15.2. The summed E-state index contributed by atoms with van der Waals surface area (Å²) in [6, 6.07) is 11.3. The minimum atomic E-state index is -1.83. The summed E-state index contributed by atoms with van der Waals surface area (Å²) in [7, 11) is -0.217. The van der Waals surface area contributed by atoms with Crippen molar-refractivity contribution in [2.45, 2.75) is 51.6 Å². The van der Waals surface area contributed by atoms with Crippen molar-refractivity contribution in [2.75, 3.05) is 25.6 Å². The van der Waals surface area contributed by atoms with Crippen LogP contribution in [0.1, 0.15) is 36.4 Å². The summed E-state index contributed by atoms with van der Waals surface area (Å²) in [6.45, 7) is 7.97. The lowest BCUT2D eigenvalue weighted by atomic mass is 9.95. The fourth-order valence-electron chi connectivity index (χ4n) is 4.12. The second-order valence-electron chi connectivity index (χ2n) is 9.87. The first kappa shape index (κ1) is 26.1. The van der Waals surface area contributed by atoms with Crippen molar-refractivity contribution in [1.29, 1.82) is 0 Å². The molecule has 0 saturated carbocycles. The van der Waals surface area contributed by atoms with Crippen molar-refractivity contribution in [3.8, 4) is 0 Å². The van der Waals surface area contributed by atoms with E-state index in [0.717, 1.165) is 18.4 Å². The van der Waals surface area contributed by atoms with Gasteiger partial charge in [0.05, 0.1) is 14.7 Å². The van der Waals surface area contributed by atoms with Crippen LogP contribution in [-0.4, -0.2) is 40.2 Å². The van der Waals surface area contributed by atoms with E-state index in [1.54, 1.807) is 19.2 Å². The maximum absolute atomic E-state index is 14.7. The minimum absolute atomic E-state index is 0.187. The number of amides is 2. The van der Waals surface area contributed by atoms with Gasteiger partial charge in [0.15, 0.2) is 0 Å². The van der Waals surface area contributed by atoms with Gasteiger partial charge in [-0.15, -0.1) is 0 Å². The lowest BCUT2D eigenvalue weighted by molar-refractivity contribution is -0.127. The van der Waals surface area contributed by atoms with Crippen LogP contribution in [0.25, 0.3) is 0 Å². The number of methoxy groups -OCH3 is 1. The van der Waals surface area contributed by atoms with Crippen molar-refractivity contribution in [3.05, 3.63) is 59.4 Å². The van der Waals surface area contributed by atoms with Gasteiger partial charge in [-0.2, -0.15) is 0 Å². The second kappa shape index (κ2) is 11.7. The van der Waals surface area contributed by atoms with Crippen LogP contribution in [0.15, 0.2) is 42.5 Å². The molecule has 6 nitrogen and oxygen atoms in total. The summed E-state index contributed by atoms with van der Waals surface area (Å²) in [5.41, 5.74) is 1.98. The highest BCUT2D eigenvalue weighted by Gasteiger charge is 2.26. The Balaban J connectivity index is 1.78. The number of carbonyl (C=O) groups excluding carboxylic acids is 2. The molecule has 1 aliphatic rings. The molecule has 8 heteroatoms. The van der Waals surface area contributed by atoms with Crippen LogP contribution < -0.4 is 15.8 Å². The topological polar surface area (TPSA) is 76.7 Å². The average molecular weight is 487 g/mol. The third-order valence-electron chi connectivity index (χ3n) is 6.05. The van der Waals surface area contributed by atoms with Crippen molar-refractivity contribution in [3.63, 3.8) is 0 Å². The molecule has 1 heterocycles. The number of benzene rings is 2. The fraction of sp³-hybridized carbons (Fsp3) is 0.462. The van der Waals surface area contributed by atoms with E-state index in [9.17, 15) is 14.0 Å². The van der Waals surface area contributed by atoms with E-state index >= 15 is 0 Å². The quantitative estimate of drug-likeness (QED) is 0.523. The van der Waals surface area contributed by atoms with Crippen molar-refractivity contribution in [2.24, 2.45) is 5.92 Å². The summed E-state index contributed by atoms with van der Waals surface area (Å²) in [5, 5.41) is 6.39. The highest BCUT2D eigenvalue weighted by Crippen LogP contribution is 2.22. The number of carbonyl (C=O) groups is 2. The Bertz CT molecular complexity index is 985. The minimum Gasteiger partial charge on any atom is -0.381 e. The number of hydrogen-bond donors (Lipinski definition) is 2.